The van der Waals surface area contributed by atoms with Crippen LogP contribution in [0.5, 0.6) is 0 Å². The summed E-state index contributed by atoms with van der Waals surface area (Å²) in [4.78, 5) is 2.32. The molecule has 0 bridgehead atoms. The molecular weight excluding hydrogens is 248 g/mol. The Morgan fingerprint density at radius 3 is 2.67 bits per heavy atom. The average Bonchev–Trinajstić information content (AvgIpc) is 2.27. The predicted molar refractivity (Wildman–Crippen MR) is 76.5 cm³/mol. The number of hydrazine groups is 1. The lowest BCUT2D eigenvalue weighted by Gasteiger charge is -2.47. The highest BCUT2D eigenvalue weighted by Crippen LogP contribution is 2.30. The van der Waals surface area contributed by atoms with Gasteiger partial charge in [-0.05, 0) is 32.0 Å². The van der Waals surface area contributed by atoms with Crippen molar-refractivity contribution in [2.45, 2.75) is 19.4 Å². The molecule has 0 unspecified atom stereocenters. The Bertz CT molecular complexity index is 458. The van der Waals surface area contributed by atoms with Crippen molar-refractivity contribution in [3.05, 3.63) is 28.8 Å². The molecule has 0 saturated carbocycles. The molecule has 0 amide bonds. The van der Waals surface area contributed by atoms with Crippen LogP contribution < -0.4 is 10.7 Å². The second-order valence-corrected chi connectivity index (χ2v) is 5.69. The zero-order valence-corrected chi connectivity index (χ0v) is 11.5. The maximum Gasteiger partial charge on any atom is 0.0514 e. The van der Waals surface area contributed by atoms with E-state index in [1.807, 2.05) is 23.2 Å². The normalized spacial score (nSPS) is 19.9. The first-order valence-electron chi connectivity index (χ1n) is 6.01. The second kappa shape index (κ2) is 4.88. The molecule has 0 aromatic heterocycles. The van der Waals surface area contributed by atoms with Crippen LogP contribution in [-0.4, -0.2) is 36.4 Å². The predicted octanol–water partition coefficient (Wildman–Crippen LogP) is 2.11. The van der Waals surface area contributed by atoms with Crippen molar-refractivity contribution in [3.8, 4) is 0 Å². The van der Waals surface area contributed by atoms with Gasteiger partial charge >= 0.3 is 0 Å². The number of hydrogen-bond acceptors (Lipinski definition) is 4. The van der Waals surface area contributed by atoms with E-state index in [0.717, 1.165) is 30.9 Å². The van der Waals surface area contributed by atoms with Crippen LogP contribution in [0.1, 0.15) is 19.4 Å². The summed E-state index contributed by atoms with van der Waals surface area (Å²) >= 11 is 6.16. The van der Waals surface area contributed by atoms with Crippen LogP contribution in [0, 0.1) is 5.41 Å². The van der Waals surface area contributed by atoms with E-state index in [1.54, 1.807) is 0 Å². The van der Waals surface area contributed by atoms with Gasteiger partial charge in [-0.1, -0.05) is 11.6 Å². The maximum absolute atomic E-state index is 7.26. The molecule has 1 aliphatic rings. The lowest BCUT2D eigenvalue weighted by atomic mass is 9.98. The first-order valence-corrected chi connectivity index (χ1v) is 6.39. The summed E-state index contributed by atoms with van der Waals surface area (Å²) in [5.41, 5.74) is 1.81. The Hall–Kier alpha value is -1.10. The van der Waals surface area contributed by atoms with Crippen LogP contribution >= 0.6 is 11.6 Å². The summed E-state index contributed by atoms with van der Waals surface area (Å²) in [6, 6.07) is 5.83. The Labute approximate surface area is 113 Å². The topological polar surface area (TPSA) is 56.4 Å². The molecule has 0 atom stereocenters. The molecule has 4 nitrogen and oxygen atoms in total. The van der Waals surface area contributed by atoms with E-state index in [2.05, 4.69) is 18.7 Å². The van der Waals surface area contributed by atoms with Crippen LogP contribution in [0.3, 0.4) is 0 Å². The maximum atomic E-state index is 7.26. The fraction of sp³-hybridized carbons (Fsp3) is 0.462. The first-order chi connectivity index (χ1) is 8.44. The number of piperazine rings is 1. The second-order valence-electron chi connectivity index (χ2n) is 5.28. The van der Waals surface area contributed by atoms with Crippen LogP contribution in [0.15, 0.2) is 18.2 Å². The van der Waals surface area contributed by atoms with Gasteiger partial charge in [0.1, 0.15) is 0 Å². The van der Waals surface area contributed by atoms with Crippen LogP contribution in [0.2, 0.25) is 5.02 Å². The molecule has 0 spiro atoms. The molecule has 5 heteroatoms. The average molecular weight is 267 g/mol. The van der Waals surface area contributed by atoms with Crippen molar-refractivity contribution in [2.24, 2.45) is 5.84 Å². The number of benzene rings is 1. The minimum atomic E-state index is -0.0253. The van der Waals surface area contributed by atoms with Crippen molar-refractivity contribution in [3.63, 3.8) is 0 Å². The van der Waals surface area contributed by atoms with Gasteiger partial charge in [-0.25, -0.2) is 5.01 Å². The number of nitrogens with zero attached hydrogens (tertiary/aromatic N) is 2. The number of hydrogen-bond donors (Lipinski definition) is 2. The molecule has 3 N–H and O–H groups in total. The molecule has 1 saturated heterocycles. The van der Waals surface area contributed by atoms with Gasteiger partial charge in [-0.3, -0.25) is 5.84 Å². The van der Waals surface area contributed by atoms with Crippen molar-refractivity contribution in [1.29, 1.82) is 5.41 Å². The summed E-state index contributed by atoms with van der Waals surface area (Å²) in [6.07, 6.45) is 1.27. The highest BCUT2D eigenvalue weighted by molar-refractivity contribution is 6.33. The molecule has 1 aliphatic heterocycles. The monoisotopic (exact) mass is 266 g/mol. The van der Waals surface area contributed by atoms with Crippen molar-refractivity contribution in [1.82, 2.24) is 5.01 Å². The zero-order chi connectivity index (χ0) is 13.3. The fourth-order valence-electron chi connectivity index (χ4n) is 2.47. The zero-order valence-electron chi connectivity index (χ0n) is 10.8. The summed E-state index contributed by atoms with van der Waals surface area (Å²) in [6.45, 7) is 6.88. The minimum Gasteiger partial charge on any atom is -0.364 e. The third kappa shape index (κ3) is 2.51. The Morgan fingerprint density at radius 2 is 2.11 bits per heavy atom. The highest BCUT2D eigenvalue weighted by atomic mass is 35.5. The van der Waals surface area contributed by atoms with Gasteiger partial charge in [0.05, 0.1) is 5.02 Å². The van der Waals surface area contributed by atoms with E-state index in [-0.39, 0.29) is 5.54 Å². The van der Waals surface area contributed by atoms with Crippen molar-refractivity contribution >= 4 is 23.5 Å². The lowest BCUT2D eigenvalue weighted by molar-refractivity contribution is 0.186. The Morgan fingerprint density at radius 1 is 1.39 bits per heavy atom. The summed E-state index contributed by atoms with van der Waals surface area (Å²) < 4.78 is 0. The number of anilines is 1. The van der Waals surface area contributed by atoms with Gasteiger partial charge in [0.15, 0.2) is 0 Å². The number of halogens is 1. The summed E-state index contributed by atoms with van der Waals surface area (Å²) in [5, 5.41) is 9.73. The van der Waals surface area contributed by atoms with Gasteiger partial charge < -0.3 is 10.3 Å². The Balaban J connectivity index is 2.31. The Kier molecular flexibility index (Phi) is 3.61. The quantitative estimate of drug-likeness (QED) is 0.637. The molecular formula is C13H19ClN4. The number of nitrogens with two attached hydrogens (primary N) is 1. The standard InChI is InChI=1S/C13H19ClN4/c1-13(2)9-17(16)5-6-18(13)11-4-3-10(8-15)12(14)7-11/h3-4,7-8,15H,5-6,9,16H2,1-2H3. The molecule has 18 heavy (non-hydrogen) atoms. The molecule has 2 rings (SSSR count). The highest BCUT2D eigenvalue weighted by Gasteiger charge is 2.32. The van der Waals surface area contributed by atoms with E-state index in [4.69, 9.17) is 22.9 Å². The van der Waals surface area contributed by atoms with E-state index in [9.17, 15) is 0 Å². The van der Waals surface area contributed by atoms with Crippen LogP contribution in [0.25, 0.3) is 0 Å². The fourth-order valence-corrected chi connectivity index (χ4v) is 2.70. The molecule has 1 fully saturated rings. The van der Waals surface area contributed by atoms with Gasteiger partial charge in [0, 0.05) is 42.6 Å². The molecule has 1 aromatic rings. The number of nitrogens with one attached hydrogen (secondary N) is 1. The third-order valence-electron chi connectivity index (χ3n) is 3.38. The smallest absolute Gasteiger partial charge is 0.0514 e. The molecule has 0 aliphatic carbocycles. The van der Waals surface area contributed by atoms with Crippen LogP contribution in [-0.2, 0) is 0 Å². The van der Waals surface area contributed by atoms with Crippen molar-refractivity contribution < 1.29 is 0 Å². The minimum absolute atomic E-state index is 0.0253. The van der Waals surface area contributed by atoms with E-state index < -0.39 is 0 Å². The van der Waals surface area contributed by atoms with Gasteiger partial charge in [-0.2, -0.15) is 0 Å². The first kappa shape index (κ1) is 13.3. The summed E-state index contributed by atoms with van der Waals surface area (Å²) in [5.74, 6) is 5.88. The SMILES string of the molecule is CC1(C)CN(N)CCN1c1ccc(C=N)c(Cl)c1. The van der Waals surface area contributed by atoms with Gasteiger partial charge in [0.2, 0.25) is 0 Å². The lowest BCUT2D eigenvalue weighted by Crippen LogP contribution is -2.61. The largest absolute Gasteiger partial charge is 0.364 e. The summed E-state index contributed by atoms with van der Waals surface area (Å²) in [7, 11) is 0. The number of rotatable bonds is 2. The van der Waals surface area contributed by atoms with Gasteiger partial charge in [0.25, 0.3) is 0 Å². The molecule has 98 valence electrons. The van der Waals surface area contributed by atoms with Crippen LogP contribution in [0.4, 0.5) is 5.69 Å². The van der Waals surface area contributed by atoms with E-state index in [1.165, 1.54) is 6.21 Å². The van der Waals surface area contributed by atoms with Crippen molar-refractivity contribution in [2.75, 3.05) is 24.5 Å². The molecule has 1 heterocycles. The van der Waals surface area contributed by atoms with E-state index in [0.29, 0.717) is 5.02 Å². The molecule has 0 radical (unpaired) electrons. The molecule has 1 aromatic carbocycles. The van der Waals surface area contributed by atoms with E-state index >= 15 is 0 Å². The third-order valence-corrected chi connectivity index (χ3v) is 3.71. The van der Waals surface area contributed by atoms with Gasteiger partial charge in [-0.15, -0.1) is 0 Å².